The Morgan fingerprint density at radius 2 is 1.94 bits per heavy atom. The number of pyridine rings is 1. The van der Waals surface area contributed by atoms with Gasteiger partial charge in [-0.25, -0.2) is 13.4 Å². The van der Waals surface area contributed by atoms with Crippen LogP contribution in [-0.2, 0) is 16.5 Å². The van der Waals surface area contributed by atoms with E-state index in [4.69, 9.17) is 4.74 Å². The Morgan fingerprint density at radius 3 is 2.71 bits per heavy atom. The molecule has 0 aliphatic heterocycles. The molecule has 31 heavy (non-hydrogen) atoms. The van der Waals surface area contributed by atoms with Crippen LogP contribution in [-0.4, -0.2) is 25.0 Å². The first-order chi connectivity index (χ1) is 15.2. The number of unbranched alkanes of at least 4 members (excludes halogenated alkanes) is 5. The van der Waals surface area contributed by atoms with E-state index in [0.29, 0.717) is 17.9 Å². The molecule has 6 nitrogen and oxygen atoms in total. The van der Waals surface area contributed by atoms with Gasteiger partial charge in [-0.05, 0) is 36.8 Å². The minimum absolute atomic E-state index is 0.0461. The Labute approximate surface area is 189 Å². The molecule has 0 aliphatic rings. The van der Waals surface area contributed by atoms with Crippen molar-refractivity contribution in [1.29, 1.82) is 0 Å². The minimum atomic E-state index is -2.55. The fourth-order valence-corrected chi connectivity index (χ4v) is 4.49. The van der Waals surface area contributed by atoms with Gasteiger partial charge >= 0.3 is 0 Å². The third kappa shape index (κ3) is 7.63. The molecular formula is C23H29N3O3S2. The molecule has 0 bridgehead atoms. The molecule has 3 rings (SSSR count). The van der Waals surface area contributed by atoms with Crippen molar-refractivity contribution < 1.29 is 13.2 Å². The Morgan fingerprint density at radius 1 is 1.10 bits per heavy atom. The second kappa shape index (κ2) is 12.4. The zero-order valence-electron chi connectivity index (χ0n) is 17.8. The normalized spacial score (nSPS) is 11.0. The summed E-state index contributed by atoms with van der Waals surface area (Å²) in [4.78, 5) is 8.72. The third-order valence-electron chi connectivity index (χ3n) is 4.83. The summed E-state index contributed by atoms with van der Waals surface area (Å²) in [6, 6.07) is 9.39. The molecule has 0 aliphatic carbocycles. The smallest absolute Gasteiger partial charge is 0.187 e. The summed E-state index contributed by atoms with van der Waals surface area (Å²) in [5, 5.41) is 5.96. The average Bonchev–Trinajstić information content (AvgIpc) is 3.23. The molecule has 0 fully saturated rings. The van der Waals surface area contributed by atoms with Crippen LogP contribution >= 0.6 is 11.3 Å². The number of nitrogens with zero attached hydrogens (tertiary/aromatic N) is 2. The Balaban J connectivity index is 1.62. The van der Waals surface area contributed by atoms with E-state index in [1.54, 1.807) is 12.4 Å². The lowest BCUT2D eigenvalue weighted by atomic mass is 10.1. The maximum atomic E-state index is 11.4. The van der Waals surface area contributed by atoms with Crippen LogP contribution in [0.15, 0.2) is 48.1 Å². The second-order valence-corrected chi connectivity index (χ2v) is 9.17. The van der Waals surface area contributed by atoms with Gasteiger partial charge in [-0.1, -0.05) is 39.0 Å². The van der Waals surface area contributed by atoms with Crippen molar-refractivity contribution in [3.63, 3.8) is 0 Å². The van der Waals surface area contributed by atoms with Crippen LogP contribution in [0.3, 0.4) is 0 Å². The fourth-order valence-electron chi connectivity index (χ4n) is 3.23. The predicted molar refractivity (Wildman–Crippen MR) is 128 cm³/mol. The number of benzene rings is 1. The van der Waals surface area contributed by atoms with Crippen molar-refractivity contribution in [1.82, 2.24) is 9.97 Å². The SMILES string of the molecule is CCCCCCCCOc1ccc(Nc2nc(-c3cccnc3)cs2)cc1C[SH](=O)=O. The van der Waals surface area contributed by atoms with Gasteiger partial charge in [0.15, 0.2) is 5.13 Å². The highest BCUT2D eigenvalue weighted by atomic mass is 32.2. The standard InChI is InChI=1S/C23H29N3O3S2/c1-2-3-4-5-6-7-13-29-22-11-10-20(14-19(22)17-31(27)28)25-23-26-21(16-30-23)18-9-8-12-24-15-18/h8-12,14-16,31H,2-7,13,17H2,1H3,(H,25,26). The highest BCUT2D eigenvalue weighted by Crippen LogP contribution is 2.29. The molecule has 1 N–H and O–H groups in total. The monoisotopic (exact) mass is 459 g/mol. The van der Waals surface area contributed by atoms with E-state index in [2.05, 4.69) is 22.2 Å². The van der Waals surface area contributed by atoms with Crippen molar-refractivity contribution >= 4 is 32.9 Å². The van der Waals surface area contributed by atoms with E-state index in [1.165, 1.54) is 37.0 Å². The van der Waals surface area contributed by atoms with E-state index < -0.39 is 10.7 Å². The molecule has 0 atom stereocenters. The number of hydrogen-bond donors (Lipinski definition) is 2. The van der Waals surface area contributed by atoms with E-state index in [0.717, 1.165) is 34.9 Å². The average molecular weight is 460 g/mol. The fraction of sp³-hybridized carbons (Fsp3) is 0.391. The molecular weight excluding hydrogens is 430 g/mol. The van der Waals surface area contributed by atoms with Gasteiger partial charge in [0, 0.05) is 34.6 Å². The molecule has 0 radical (unpaired) electrons. The maximum absolute atomic E-state index is 11.4. The van der Waals surface area contributed by atoms with Crippen LogP contribution in [0.5, 0.6) is 5.75 Å². The lowest BCUT2D eigenvalue weighted by Gasteiger charge is -2.12. The Bertz CT molecular complexity index is 1010. The van der Waals surface area contributed by atoms with Crippen LogP contribution in [0.2, 0.25) is 0 Å². The van der Waals surface area contributed by atoms with Crippen molar-refractivity contribution in [2.24, 2.45) is 0 Å². The van der Waals surface area contributed by atoms with Crippen LogP contribution < -0.4 is 10.1 Å². The molecule has 1 aromatic carbocycles. The number of thiazole rings is 1. The number of nitrogens with one attached hydrogen (secondary N) is 1. The number of anilines is 2. The van der Waals surface area contributed by atoms with Gasteiger partial charge < -0.3 is 10.1 Å². The van der Waals surface area contributed by atoms with E-state index in [1.807, 2.05) is 35.7 Å². The highest BCUT2D eigenvalue weighted by Gasteiger charge is 2.10. The Kier molecular flexibility index (Phi) is 9.30. The summed E-state index contributed by atoms with van der Waals surface area (Å²) in [6.45, 7) is 2.81. The molecule has 0 unspecified atom stereocenters. The summed E-state index contributed by atoms with van der Waals surface area (Å²) in [6.07, 6.45) is 10.6. The molecule has 0 amide bonds. The van der Waals surface area contributed by atoms with E-state index in [9.17, 15) is 8.42 Å². The van der Waals surface area contributed by atoms with Crippen molar-refractivity contribution in [2.75, 3.05) is 11.9 Å². The zero-order valence-corrected chi connectivity index (χ0v) is 19.5. The van der Waals surface area contributed by atoms with Gasteiger partial charge in [0.1, 0.15) is 16.5 Å². The van der Waals surface area contributed by atoms with E-state index in [-0.39, 0.29) is 5.75 Å². The summed E-state index contributed by atoms with van der Waals surface area (Å²) in [7, 11) is -2.55. The maximum Gasteiger partial charge on any atom is 0.187 e. The first kappa shape index (κ1) is 23.2. The third-order valence-corrected chi connectivity index (χ3v) is 6.18. The van der Waals surface area contributed by atoms with Gasteiger partial charge in [-0.3, -0.25) is 4.98 Å². The van der Waals surface area contributed by atoms with Crippen LogP contribution in [0.25, 0.3) is 11.3 Å². The van der Waals surface area contributed by atoms with Crippen molar-refractivity contribution in [3.05, 3.63) is 53.7 Å². The number of aromatic nitrogens is 2. The van der Waals surface area contributed by atoms with Crippen LogP contribution in [0.4, 0.5) is 10.8 Å². The summed E-state index contributed by atoms with van der Waals surface area (Å²) < 4.78 is 28.6. The molecule has 2 heterocycles. The van der Waals surface area contributed by atoms with Gasteiger partial charge in [0.25, 0.3) is 0 Å². The minimum Gasteiger partial charge on any atom is -0.493 e. The summed E-state index contributed by atoms with van der Waals surface area (Å²) in [5.74, 6) is 0.587. The van der Waals surface area contributed by atoms with Gasteiger partial charge in [0.2, 0.25) is 0 Å². The molecule has 0 saturated heterocycles. The first-order valence-corrected chi connectivity index (χ1v) is 12.9. The molecule has 8 heteroatoms. The zero-order chi connectivity index (χ0) is 21.9. The van der Waals surface area contributed by atoms with Crippen molar-refractivity contribution in [3.8, 4) is 17.0 Å². The molecule has 0 saturated carbocycles. The van der Waals surface area contributed by atoms with Crippen LogP contribution in [0.1, 0.15) is 51.0 Å². The molecule has 2 aromatic heterocycles. The largest absolute Gasteiger partial charge is 0.493 e. The summed E-state index contributed by atoms with van der Waals surface area (Å²) >= 11 is 1.49. The molecule has 0 spiro atoms. The van der Waals surface area contributed by atoms with E-state index >= 15 is 0 Å². The van der Waals surface area contributed by atoms with Crippen molar-refractivity contribution in [2.45, 2.75) is 51.2 Å². The summed E-state index contributed by atoms with van der Waals surface area (Å²) in [5.41, 5.74) is 3.25. The second-order valence-electron chi connectivity index (χ2n) is 7.33. The number of ether oxygens (including phenoxy) is 1. The Hall–Kier alpha value is -2.45. The number of thiol groups is 1. The predicted octanol–water partition coefficient (Wildman–Crippen LogP) is 5.80. The lowest BCUT2D eigenvalue weighted by Crippen LogP contribution is -2.02. The number of rotatable bonds is 13. The van der Waals surface area contributed by atoms with Gasteiger partial charge in [0.05, 0.1) is 18.1 Å². The molecule has 3 aromatic rings. The topological polar surface area (TPSA) is 81.2 Å². The van der Waals surface area contributed by atoms with Gasteiger partial charge in [-0.15, -0.1) is 11.3 Å². The van der Waals surface area contributed by atoms with Crippen LogP contribution in [0, 0.1) is 0 Å². The number of hydrogen-bond acceptors (Lipinski definition) is 7. The highest BCUT2D eigenvalue weighted by molar-refractivity contribution is 7.71. The quantitative estimate of drug-likeness (QED) is 0.248. The first-order valence-electron chi connectivity index (χ1n) is 10.7. The molecule has 166 valence electrons. The lowest BCUT2D eigenvalue weighted by molar-refractivity contribution is 0.302. The van der Waals surface area contributed by atoms with Gasteiger partial charge in [-0.2, -0.15) is 0 Å².